The third-order valence-electron chi connectivity index (χ3n) is 5.82. The number of halogens is 1. The van der Waals surface area contributed by atoms with Crippen molar-refractivity contribution in [3.8, 4) is 5.75 Å². The van der Waals surface area contributed by atoms with Gasteiger partial charge in [0.15, 0.2) is 0 Å². The Hall–Kier alpha value is -1.26. The zero-order valence-corrected chi connectivity index (χ0v) is 20.0. The molecule has 0 radical (unpaired) electrons. The number of hydrogen-bond donors (Lipinski definition) is 4. The van der Waals surface area contributed by atoms with Crippen LogP contribution in [0, 0.1) is 0 Å². The summed E-state index contributed by atoms with van der Waals surface area (Å²) in [4.78, 5) is 5.79. The number of aromatic nitrogens is 1. The summed E-state index contributed by atoms with van der Waals surface area (Å²) < 4.78 is 11.2. The standard InChI is InChI=1S/C23H32ClNO6S/c1-3-4-5-6-7-14-11-25-19(32-14)9-13-8-15(17(30-2)10-16(13)24)23-22(29)21(28)20(27)18(12-26)31-23/h8,10-11,18,20-23,26-29H,3-7,9,12H2,1-2H3/t18-,20-,21+,22-,23+/m1/s1. The number of methoxy groups -OCH3 is 1. The third-order valence-corrected chi connectivity index (χ3v) is 7.23. The molecule has 5 atom stereocenters. The van der Waals surface area contributed by atoms with E-state index in [-0.39, 0.29) is 0 Å². The lowest BCUT2D eigenvalue weighted by molar-refractivity contribution is -0.232. The fourth-order valence-corrected chi connectivity index (χ4v) is 5.15. The van der Waals surface area contributed by atoms with Crippen LogP contribution in [0.4, 0.5) is 0 Å². The Bertz CT molecular complexity index is 876. The SMILES string of the molecule is CCCCCCc1cnc(Cc2cc([C@@H]3O[C@H](CO)[C@@H](O)[C@H](O)[C@H]3O)c(OC)cc2Cl)s1. The van der Waals surface area contributed by atoms with Gasteiger partial charge < -0.3 is 29.9 Å². The zero-order chi connectivity index (χ0) is 23.3. The molecule has 1 aliphatic rings. The highest BCUT2D eigenvalue weighted by atomic mass is 35.5. The number of ether oxygens (including phenoxy) is 2. The van der Waals surface area contributed by atoms with E-state index in [1.165, 1.54) is 31.2 Å². The van der Waals surface area contributed by atoms with Gasteiger partial charge in [-0.05, 0) is 30.5 Å². The average Bonchev–Trinajstić information content (AvgIpc) is 3.24. The van der Waals surface area contributed by atoms with Crippen molar-refractivity contribution in [1.29, 1.82) is 0 Å². The molecule has 32 heavy (non-hydrogen) atoms. The monoisotopic (exact) mass is 485 g/mol. The van der Waals surface area contributed by atoms with Gasteiger partial charge in [0.1, 0.15) is 36.3 Å². The minimum absolute atomic E-state index is 0.388. The second-order valence-corrected chi connectivity index (χ2v) is 9.75. The van der Waals surface area contributed by atoms with Gasteiger partial charge in [0.05, 0.1) is 18.7 Å². The second-order valence-electron chi connectivity index (χ2n) is 8.14. The van der Waals surface area contributed by atoms with Crippen molar-refractivity contribution in [2.24, 2.45) is 0 Å². The summed E-state index contributed by atoms with van der Waals surface area (Å²) >= 11 is 8.17. The first-order valence-electron chi connectivity index (χ1n) is 11.0. The molecule has 0 amide bonds. The van der Waals surface area contributed by atoms with Gasteiger partial charge in [-0.1, -0.05) is 37.8 Å². The molecule has 7 nitrogen and oxygen atoms in total. The van der Waals surface area contributed by atoms with Crippen LogP contribution in [0.25, 0.3) is 0 Å². The van der Waals surface area contributed by atoms with Crippen molar-refractivity contribution < 1.29 is 29.9 Å². The Kier molecular flexibility index (Phi) is 9.31. The first-order valence-corrected chi connectivity index (χ1v) is 12.2. The van der Waals surface area contributed by atoms with Crippen LogP contribution in [-0.4, -0.2) is 63.5 Å². The molecular weight excluding hydrogens is 454 g/mol. The molecule has 0 unspecified atom stereocenters. The van der Waals surface area contributed by atoms with Gasteiger partial charge in [0.25, 0.3) is 0 Å². The minimum atomic E-state index is -1.47. The van der Waals surface area contributed by atoms with Crippen molar-refractivity contribution in [3.63, 3.8) is 0 Å². The predicted octanol–water partition coefficient (Wildman–Crippen LogP) is 3.03. The summed E-state index contributed by atoms with van der Waals surface area (Å²) in [5.41, 5.74) is 1.27. The predicted molar refractivity (Wildman–Crippen MR) is 123 cm³/mol. The summed E-state index contributed by atoms with van der Waals surface area (Å²) in [6, 6.07) is 3.42. The zero-order valence-electron chi connectivity index (χ0n) is 18.4. The number of thiazole rings is 1. The largest absolute Gasteiger partial charge is 0.496 e. The molecule has 1 aromatic heterocycles. The Morgan fingerprint density at radius 1 is 1.12 bits per heavy atom. The molecule has 2 aromatic rings. The quantitative estimate of drug-likeness (QED) is 0.382. The maximum absolute atomic E-state index is 10.6. The summed E-state index contributed by atoms with van der Waals surface area (Å²) in [5.74, 6) is 0.388. The molecular formula is C23H32ClNO6S. The smallest absolute Gasteiger partial charge is 0.126 e. The summed E-state index contributed by atoms with van der Waals surface area (Å²) in [6.07, 6.45) is 1.98. The van der Waals surface area contributed by atoms with E-state index in [0.29, 0.717) is 22.8 Å². The molecule has 3 rings (SSSR count). The van der Waals surface area contributed by atoms with Crippen LogP contribution < -0.4 is 4.74 Å². The van der Waals surface area contributed by atoms with Crippen molar-refractivity contribution in [2.75, 3.05) is 13.7 Å². The Morgan fingerprint density at radius 3 is 2.59 bits per heavy atom. The summed E-state index contributed by atoms with van der Waals surface area (Å²) in [5, 5.41) is 41.8. The van der Waals surface area contributed by atoms with Crippen LogP contribution in [0.1, 0.15) is 59.7 Å². The third kappa shape index (κ3) is 5.80. The Balaban J connectivity index is 1.82. The summed E-state index contributed by atoms with van der Waals surface area (Å²) in [7, 11) is 1.48. The fourth-order valence-electron chi connectivity index (χ4n) is 3.95. The molecule has 4 N–H and O–H groups in total. The van der Waals surface area contributed by atoms with Crippen molar-refractivity contribution >= 4 is 22.9 Å². The molecule has 2 heterocycles. The maximum atomic E-state index is 10.6. The molecule has 0 saturated carbocycles. The highest BCUT2D eigenvalue weighted by molar-refractivity contribution is 7.11. The van der Waals surface area contributed by atoms with Crippen LogP contribution >= 0.6 is 22.9 Å². The molecule has 1 fully saturated rings. The fraction of sp³-hybridized carbons (Fsp3) is 0.609. The number of benzene rings is 1. The molecule has 0 aliphatic carbocycles. The van der Waals surface area contributed by atoms with Gasteiger partial charge in [0.2, 0.25) is 0 Å². The lowest BCUT2D eigenvalue weighted by Crippen LogP contribution is -2.55. The van der Waals surface area contributed by atoms with E-state index in [0.717, 1.165) is 23.4 Å². The lowest BCUT2D eigenvalue weighted by atomic mass is 9.90. The van der Waals surface area contributed by atoms with E-state index in [4.69, 9.17) is 21.1 Å². The number of aliphatic hydroxyl groups excluding tert-OH is 4. The van der Waals surface area contributed by atoms with E-state index < -0.39 is 37.1 Å². The van der Waals surface area contributed by atoms with Crippen LogP contribution in [-0.2, 0) is 17.6 Å². The van der Waals surface area contributed by atoms with Gasteiger partial charge in [0, 0.05) is 28.1 Å². The first-order chi connectivity index (χ1) is 15.4. The summed E-state index contributed by atoms with van der Waals surface area (Å²) in [6.45, 7) is 1.70. The number of rotatable bonds is 10. The first kappa shape index (κ1) is 25.4. The van der Waals surface area contributed by atoms with E-state index in [1.807, 2.05) is 6.20 Å². The Morgan fingerprint density at radius 2 is 1.91 bits per heavy atom. The van der Waals surface area contributed by atoms with Gasteiger partial charge in [-0.2, -0.15) is 0 Å². The van der Waals surface area contributed by atoms with Gasteiger partial charge in [-0.3, -0.25) is 0 Å². The van der Waals surface area contributed by atoms with Crippen LogP contribution in [0.5, 0.6) is 5.75 Å². The van der Waals surface area contributed by atoms with Gasteiger partial charge in [-0.25, -0.2) is 4.98 Å². The molecule has 1 aliphatic heterocycles. The number of aryl methyl sites for hydroxylation is 1. The molecule has 0 spiro atoms. The molecule has 0 bridgehead atoms. The lowest BCUT2D eigenvalue weighted by Gasteiger charge is -2.40. The number of nitrogens with zero attached hydrogens (tertiary/aromatic N) is 1. The number of unbranched alkanes of at least 4 members (excludes halogenated alkanes) is 3. The second kappa shape index (κ2) is 11.7. The maximum Gasteiger partial charge on any atom is 0.126 e. The van der Waals surface area contributed by atoms with Crippen LogP contribution in [0.2, 0.25) is 5.02 Å². The van der Waals surface area contributed by atoms with E-state index >= 15 is 0 Å². The van der Waals surface area contributed by atoms with E-state index in [2.05, 4.69) is 11.9 Å². The van der Waals surface area contributed by atoms with Gasteiger partial charge in [-0.15, -0.1) is 11.3 Å². The molecule has 1 saturated heterocycles. The highest BCUT2D eigenvalue weighted by Gasteiger charge is 2.45. The molecule has 9 heteroatoms. The van der Waals surface area contributed by atoms with Crippen molar-refractivity contribution in [3.05, 3.63) is 44.4 Å². The van der Waals surface area contributed by atoms with Crippen molar-refractivity contribution in [2.45, 2.75) is 76.0 Å². The topological polar surface area (TPSA) is 112 Å². The molecule has 1 aromatic carbocycles. The van der Waals surface area contributed by atoms with Gasteiger partial charge >= 0.3 is 0 Å². The minimum Gasteiger partial charge on any atom is -0.496 e. The molecule has 178 valence electrons. The van der Waals surface area contributed by atoms with Crippen molar-refractivity contribution in [1.82, 2.24) is 4.98 Å². The number of hydrogen-bond acceptors (Lipinski definition) is 8. The Labute approximate surface area is 197 Å². The van der Waals surface area contributed by atoms with Crippen LogP contribution in [0.3, 0.4) is 0 Å². The normalized spacial score (nSPS) is 25.8. The van der Waals surface area contributed by atoms with E-state index in [9.17, 15) is 20.4 Å². The van der Waals surface area contributed by atoms with E-state index in [1.54, 1.807) is 23.5 Å². The highest BCUT2D eigenvalue weighted by Crippen LogP contribution is 2.40. The number of aliphatic hydroxyl groups is 4. The average molecular weight is 486 g/mol. The van der Waals surface area contributed by atoms with Crippen LogP contribution in [0.15, 0.2) is 18.3 Å².